The van der Waals surface area contributed by atoms with Gasteiger partial charge >= 0.3 is 0 Å². The summed E-state index contributed by atoms with van der Waals surface area (Å²) in [6.45, 7) is 0. The van der Waals surface area contributed by atoms with Gasteiger partial charge in [0.25, 0.3) is 15.7 Å². The third-order valence-electron chi connectivity index (χ3n) is 2.56. The number of hydrogen-bond donors (Lipinski definition) is 2. The van der Waals surface area contributed by atoms with E-state index in [9.17, 15) is 23.6 Å². The molecule has 2 aromatic rings. The third-order valence-corrected chi connectivity index (χ3v) is 4.18. The van der Waals surface area contributed by atoms with Crippen LogP contribution < -0.4 is 4.72 Å². The fourth-order valence-electron chi connectivity index (χ4n) is 1.54. The van der Waals surface area contributed by atoms with Gasteiger partial charge in [-0.15, -0.1) is 0 Å². The van der Waals surface area contributed by atoms with Crippen LogP contribution in [0.1, 0.15) is 0 Å². The number of hydrogen-bond acceptors (Lipinski definition) is 5. The van der Waals surface area contributed by atoms with Gasteiger partial charge in [-0.25, -0.2) is 8.42 Å². The molecular weight excluding hydrogens is 320 g/mol. The number of nitrogens with one attached hydrogen (secondary N) is 1. The van der Waals surface area contributed by atoms with Crippen molar-refractivity contribution in [2.45, 2.75) is 4.90 Å². The van der Waals surface area contributed by atoms with Gasteiger partial charge in [-0.1, -0.05) is 11.6 Å². The van der Waals surface area contributed by atoms with Gasteiger partial charge in [0.2, 0.25) is 0 Å². The molecule has 0 aliphatic carbocycles. The van der Waals surface area contributed by atoms with E-state index in [-0.39, 0.29) is 27.0 Å². The summed E-state index contributed by atoms with van der Waals surface area (Å²) < 4.78 is 26.4. The molecule has 2 aromatic carbocycles. The zero-order chi connectivity index (χ0) is 15.6. The molecule has 0 fully saturated rings. The fourth-order valence-corrected chi connectivity index (χ4v) is 2.78. The van der Waals surface area contributed by atoms with Crippen molar-refractivity contribution in [1.82, 2.24) is 0 Å². The molecule has 0 bridgehead atoms. The normalized spacial score (nSPS) is 11.1. The minimum atomic E-state index is -3.97. The Hall–Kier alpha value is -2.32. The lowest BCUT2D eigenvalue weighted by atomic mass is 10.3. The molecule has 2 N–H and O–H groups in total. The van der Waals surface area contributed by atoms with Crippen molar-refractivity contribution in [3.8, 4) is 5.75 Å². The van der Waals surface area contributed by atoms with Crippen LogP contribution >= 0.6 is 11.6 Å². The molecule has 9 heteroatoms. The molecule has 0 unspecified atom stereocenters. The number of anilines is 1. The molecular formula is C12H9ClN2O5S. The van der Waals surface area contributed by atoms with Crippen molar-refractivity contribution in [2.75, 3.05) is 4.72 Å². The first-order chi connectivity index (χ1) is 9.79. The lowest BCUT2D eigenvalue weighted by Gasteiger charge is -2.09. The zero-order valence-electron chi connectivity index (χ0n) is 10.4. The van der Waals surface area contributed by atoms with Crippen LogP contribution in [0.5, 0.6) is 5.75 Å². The van der Waals surface area contributed by atoms with E-state index in [2.05, 4.69) is 4.72 Å². The monoisotopic (exact) mass is 328 g/mol. The molecule has 0 heterocycles. The van der Waals surface area contributed by atoms with E-state index in [4.69, 9.17) is 11.6 Å². The van der Waals surface area contributed by atoms with E-state index in [0.717, 1.165) is 24.3 Å². The van der Waals surface area contributed by atoms with Gasteiger partial charge in [0, 0.05) is 23.2 Å². The van der Waals surface area contributed by atoms with Crippen LogP contribution in [0.25, 0.3) is 0 Å². The highest BCUT2D eigenvalue weighted by atomic mass is 35.5. The molecule has 0 aliphatic heterocycles. The van der Waals surface area contributed by atoms with E-state index in [1.165, 1.54) is 18.2 Å². The number of phenols is 1. The third kappa shape index (κ3) is 3.41. The van der Waals surface area contributed by atoms with E-state index < -0.39 is 14.9 Å². The van der Waals surface area contributed by atoms with E-state index in [1.54, 1.807) is 0 Å². The molecule has 110 valence electrons. The molecule has 0 saturated carbocycles. The Balaban J connectivity index is 2.31. The maximum atomic E-state index is 12.1. The van der Waals surface area contributed by atoms with Crippen molar-refractivity contribution in [2.24, 2.45) is 0 Å². The van der Waals surface area contributed by atoms with Gasteiger partial charge < -0.3 is 5.11 Å². The van der Waals surface area contributed by atoms with Gasteiger partial charge in [-0.05, 0) is 24.3 Å². The molecule has 21 heavy (non-hydrogen) atoms. The van der Waals surface area contributed by atoms with Gasteiger partial charge in [0.15, 0.2) is 0 Å². The quantitative estimate of drug-likeness (QED) is 0.509. The zero-order valence-corrected chi connectivity index (χ0v) is 11.9. The van der Waals surface area contributed by atoms with Crippen LogP contribution in [0.2, 0.25) is 5.02 Å². The molecule has 7 nitrogen and oxygen atoms in total. The number of aromatic hydroxyl groups is 1. The van der Waals surface area contributed by atoms with E-state index >= 15 is 0 Å². The summed E-state index contributed by atoms with van der Waals surface area (Å²) in [5.41, 5.74) is -0.263. The van der Waals surface area contributed by atoms with Crippen molar-refractivity contribution in [3.63, 3.8) is 0 Å². The van der Waals surface area contributed by atoms with E-state index in [1.807, 2.05) is 0 Å². The molecule has 0 aliphatic rings. The average Bonchev–Trinajstić information content (AvgIpc) is 2.42. The number of nitro benzene ring substituents is 1. The maximum absolute atomic E-state index is 12.1. The molecule has 0 saturated heterocycles. The second-order valence-electron chi connectivity index (χ2n) is 4.02. The van der Waals surface area contributed by atoms with Crippen LogP contribution in [0.3, 0.4) is 0 Å². The minimum absolute atomic E-state index is 0.0437. The van der Waals surface area contributed by atoms with Gasteiger partial charge in [-0.3, -0.25) is 14.8 Å². The Morgan fingerprint density at radius 2 is 1.76 bits per heavy atom. The highest BCUT2D eigenvalue weighted by Crippen LogP contribution is 2.29. The van der Waals surface area contributed by atoms with Crippen LogP contribution in [-0.2, 0) is 10.0 Å². The summed E-state index contributed by atoms with van der Waals surface area (Å²) in [6, 6.07) is 8.28. The van der Waals surface area contributed by atoms with E-state index in [0.29, 0.717) is 0 Å². The summed E-state index contributed by atoms with van der Waals surface area (Å²) in [4.78, 5) is 9.73. The number of phenolic OH excluding ortho intramolecular Hbond substituents is 1. The summed E-state index contributed by atoms with van der Waals surface area (Å²) in [5, 5.41) is 20.4. The number of non-ortho nitro benzene ring substituents is 1. The Bertz CT molecular complexity index is 790. The lowest BCUT2D eigenvalue weighted by Crippen LogP contribution is -2.13. The molecule has 0 spiro atoms. The Morgan fingerprint density at radius 3 is 2.29 bits per heavy atom. The molecule has 0 aromatic heterocycles. The van der Waals surface area contributed by atoms with Crippen LogP contribution in [0, 0.1) is 10.1 Å². The highest BCUT2D eigenvalue weighted by molar-refractivity contribution is 7.92. The fraction of sp³-hybridized carbons (Fsp3) is 0. The Morgan fingerprint density at radius 1 is 1.14 bits per heavy atom. The first kappa shape index (κ1) is 15.1. The number of sulfonamides is 1. The predicted octanol–water partition coefficient (Wildman–Crippen LogP) is 2.75. The smallest absolute Gasteiger partial charge is 0.269 e. The number of nitro groups is 1. The molecule has 0 amide bonds. The molecule has 2 rings (SSSR count). The van der Waals surface area contributed by atoms with Crippen molar-refractivity contribution < 1.29 is 18.4 Å². The molecule has 0 atom stereocenters. The van der Waals surface area contributed by atoms with Crippen LogP contribution in [0.15, 0.2) is 47.4 Å². The maximum Gasteiger partial charge on any atom is 0.269 e. The van der Waals surface area contributed by atoms with Gasteiger partial charge in [0.05, 0.1) is 15.5 Å². The second-order valence-corrected chi connectivity index (χ2v) is 6.14. The molecule has 0 radical (unpaired) electrons. The number of rotatable bonds is 4. The first-order valence-electron chi connectivity index (χ1n) is 5.55. The standard InChI is InChI=1S/C12H9ClN2O5S/c13-8-1-6-11(12(16)7-8)14-21(19,20)10-4-2-9(3-5-10)15(17)18/h1-7,14,16H. The number of benzene rings is 2. The second kappa shape index (κ2) is 5.58. The minimum Gasteiger partial charge on any atom is -0.506 e. The Labute approximate surface area is 125 Å². The van der Waals surface area contributed by atoms with Crippen molar-refractivity contribution in [3.05, 3.63) is 57.6 Å². The number of halogens is 1. The Kier molecular flexibility index (Phi) is 4.01. The highest BCUT2D eigenvalue weighted by Gasteiger charge is 2.17. The van der Waals surface area contributed by atoms with Crippen molar-refractivity contribution >= 4 is 33.0 Å². The summed E-state index contributed by atoms with van der Waals surface area (Å²) in [5.74, 6) is -0.326. The lowest BCUT2D eigenvalue weighted by molar-refractivity contribution is -0.384. The first-order valence-corrected chi connectivity index (χ1v) is 7.41. The topological polar surface area (TPSA) is 110 Å². The number of nitrogens with zero attached hydrogens (tertiary/aromatic N) is 1. The SMILES string of the molecule is O=[N+]([O-])c1ccc(S(=O)(=O)Nc2ccc(Cl)cc2O)cc1. The summed E-state index contributed by atoms with van der Waals surface area (Å²) >= 11 is 5.65. The van der Waals surface area contributed by atoms with Gasteiger partial charge in [-0.2, -0.15) is 0 Å². The van der Waals surface area contributed by atoms with Crippen molar-refractivity contribution in [1.29, 1.82) is 0 Å². The summed E-state index contributed by atoms with van der Waals surface area (Å²) in [6.07, 6.45) is 0. The van der Waals surface area contributed by atoms with Crippen LogP contribution in [-0.4, -0.2) is 18.4 Å². The largest absolute Gasteiger partial charge is 0.506 e. The summed E-state index contributed by atoms with van der Waals surface area (Å²) in [7, 11) is -3.97. The average molecular weight is 329 g/mol. The predicted molar refractivity (Wildman–Crippen MR) is 77.0 cm³/mol. The van der Waals surface area contributed by atoms with Crippen LogP contribution in [0.4, 0.5) is 11.4 Å². The van der Waals surface area contributed by atoms with Gasteiger partial charge in [0.1, 0.15) is 5.75 Å².